The summed E-state index contributed by atoms with van der Waals surface area (Å²) < 4.78 is 5.38. The van der Waals surface area contributed by atoms with Gasteiger partial charge in [-0.15, -0.1) is 11.6 Å². The summed E-state index contributed by atoms with van der Waals surface area (Å²) in [5, 5.41) is 0. The van der Waals surface area contributed by atoms with Crippen LogP contribution < -0.4 is 4.90 Å². The van der Waals surface area contributed by atoms with Gasteiger partial charge in [-0.05, 0) is 18.6 Å². The molecule has 1 aliphatic heterocycles. The molecule has 0 aromatic heterocycles. The molecule has 3 nitrogen and oxygen atoms in total. The van der Waals surface area contributed by atoms with E-state index in [4.69, 9.17) is 16.3 Å². The van der Waals surface area contributed by atoms with Crippen molar-refractivity contribution in [1.29, 1.82) is 0 Å². The Hall–Kier alpha value is -1.06. The van der Waals surface area contributed by atoms with Crippen LogP contribution >= 0.6 is 11.6 Å². The highest BCUT2D eigenvalue weighted by Crippen LogP contribution is 2.27. The highest BCUT2D eigenvalue weighted by molar-refractivity contribution is 6.28. The van der Waals surface area contributed by atoms with E-state index in [1.807, 2.05) is 30.3 Å². The summed E-state index contributed by atoms with van der Waals surface area (Å²) in [5.41, 5.74) is 1.05. The van der Waals surface area contributed by atoms with Gasteiger partial charge in [0.25, 0.3) is 0 Å². The van der Waals surface area contributed by atoms with Gasteiger partial charge in [-0.3, -0.25) is 4.79 Å². The number of methoxy groups -OCH3 is 1. The zero-order valence-corrected chi connectivity index (χ0v) is 10.6. The van der Waals surface area contributed by atoms with Crippen LogP contribution in [0.4, 0.5) is 5.69 Å². The van der Waals surface area contributed by atoms with Gasteiger partial charge in [0.05, 0.1) is 12.0 Å². The molecular weight excluding hydrogens is 238 g/mol. The zero-order valence-electron chi connectivity index (χ0n) is 9.80. The number of nitrogens with zero attached hydrogens (tertiary/aromatic N) is 1. The lowest BCUT2D eigenvalue weighted by molar-refractivity contribution is -0.120. The van der Waals surface area contributed by atoms with Crippen LogP contribution in [0.1, 0.15) is 6.42 Å². The van der Waals surface area contributed by atoms with Crippen LogP contribution in [-0.2, 0) is 9.53 Å². The monoisotopic (exact) mass is 253 g/mol. The van der Waals surface area contributed by atoms with E-state index >= 15 is 0 Å². The first kappa shape index (κ1) is 12.4. The van der Waals surface area contributed by atoms with Gasteiger partial charge in [0, 0.05) is 19.3 Å². The van der Waals surface area contributed by atoms with Crippen LogP contribution in [0.25, 0.3) is 0 Å². The molecule has 0 aliphatic carbocycles. The molecule has 17 heavy (non-hydrogen) atoms. The van der Waals surface area contributed by atoms with E-state index in [9.17, 15) is 4.79 Å². The third kappa shape index (κ3) is 2.45. The van der Waals surface area contributed by atoms with E-state index < -0.39 is 0 Å². The number of carbonyl (C=O) groups is 1. The Balaban J connectivity index is 2.25. The first-order valence-electron chi connectivity index (χ1n) is 5.71. The molecule has 1 aliphatic rings. The molecule has 1 fully saturated rings. The summed E-state index contributed by atoms with van der Waals surface area (Å²) in [6, 6.07) is 9.67. The highest BCUT2D eigenvalue weighted by atomic mass is 35.5. The van der Waals surface area contributed by atoms with Gasteiger partial charge in [0.1, 0.15) is 6.04 Å². The van der Waals surface area contributed by atoms with Crippen LogP contribution in [0.2, 0.25) is 0 Å². The van der Waals surface area contributed by atoms with E-state index in [1.54, 1.807) is 7.11 Å². The summed E-state index contributed by atoms with van der Waals surface area (Å²) in [5.74, 6) is 0.0632. The average Bonchev–Trinajstić information content (AvgIpc) is 2.82. The minimum absolute atomic E-state index is 0.0277. The van der Waals surface area contributed by atoms with Gasteiger partial charge in [-0.1, -0.05) is 18.2 Å². The standard InChI is InChI=1S/C13H16ClNO2/c1-17-12-7-8-15(13(12)11(16)9-14)10-5-3-2-4-6-10/h2-6,12-13H,7-9H2,1H3/t12-,13-/m0/s1. The van der Waals surface area contributed by atoms with Crippen molar-refractivity contribution < 1.29 is 9.53 Å². The Bertz CT molecular complexity index is 382. The minimum atomic E-state index is -0.250. The number of ether oxygens (including phenoxy) is 1. The number of alkyl halides is 1. The SMILES string of the molecule is CO[C@H]1CCN(c2ccccc2)[C@H]1C(=O)CCl. The molecule has 2 rings (SSSR count). The number of benzene rings is 1. The molecule has 4 heteroatoms. The Labute approximate surface area is 106 Å². The summed E-state index contributed by atoms with van der Waals surface area (Å²) in [7, 11) is 1.65. The third-order valence-corrected chi connectivity index (χ3v) is 3.46. The minimum Gasteiger partial charge on any atom is -0.379 e. The molecule has 2 atom stereocenters. The second kappa shape index (κ2) is 5.52. The molecule has 0 unspecified atom stereocenters. The van der Waals surface area contributed by atoms with Crippen molar-refractivity contribution in [1.82, 2.24) is 0 Å². The Morgan fingerprint density at radius 1 is 1.47 bits per heavy atom. The molecule has 1 aromatic rings. The topological polar surface area (TPSA) is 29.5 Å². The fourth-order valence-electron chi connectivity index (χ4n) is 2.38. The predicted molar refractivity (Wildman–Crippen MR) is 68.7 cm³/mol. The van der Waals surface area contributed by atoms with Gasteiger partial charge < -0.3 is 9.64 Å². The molecule has 1 aromatic carbocycles. The van der Waals surface area contributed by atoms with Crippen molar-refractivity contribution in [3.8, 4) is 0 Å². The lowest BCUT2D eigenvalue weighted by Crippen LogP contribution is -2.43. The van der Waals surface area contributed by atoms with Gasteiger partial charge in [-0.2, -0.15) is 0 Å². The van der Waals surface area contributed by atoms with Crippen molar-refractivity contribution in [2.45, 2.75) is 18.6 Å². The van der Waals surface area contributed by atoms with Gasteiger partial charge >= 0.3 is 0 Å². The van der Waals surface area contributed by atoms with Crippen LogP contribution in [0.15, 0.2) is 30.3 Å². The number of anilines is 1. The normalized spacial score (nSPS) is 24.0. The number of Topliss-reactive ketones (excluding diaryl/α,β-unsaturated/α-hetero) is 1. The van der Waals surface area contributed by atoms with Crippen LogP contribution in [0.5, 0.6) is 0 Å². The van der Waals surface area contributed by atoms with Gasteiger partial charge in [0.2, 0.25) is 0 Å². The molecule has 1 saturated heterocycles. The molecule has 0 radical (unpaired) electrons. The molecular formula is C13H16ClNO2. The fourth-order valence-corrected chi connectivity index (χ4v) is 2.54. The number of rotatable bonds is 4. The van der Waals surface area contributed by atoms with Crippen molar-refractivity contribution in [2.24, 2.45) is 0 Å². The highest BCUT2D eigenvalue weighted by Gasteiger charge is 2.38. The number of hydrogen-bond acceptors (Lipinski definition) is 3. The van der Waals surface area contributed by atoms with Gasteiger partial charge in [0.15, 0.2) is 5.78 Å². The second-order valence-electron chi connectivity index (χ2n) is 4.14. The lowest BCUT2D eigenvalue weighted by Gasteiger charge is -2.27. The van der Waals surface area contributed by atoms with E-state index in [0.29, 0.717) is 0 Å². The largest absolute Gasteiger partial charge is 0.379 e. The molecule has 92 valence electrons. The van der Waals surface area contributed by atoms with E-state index in [0.717, 1.165) is 18.7 Å². The van der Waals surface area contributed by atoms with Crippen molar-refractivity contribution in [3.05, 3.63) is 30.3 Å². The quantitative estimate of drug-likeness (QED) is 0.770. The number of carbonyl (C=O) groups excluding carboxylic acids is 1. The molecule has 0 amide bonds. The summed E-state index contributed by atoms with van der Waals surface area (Å²) >= 11 is 5.68. The van der Waals surface area contributed by atoms with Crippen molar-refractivity contribution in [3.63, 3.8) is 0 Å². The number of halogens is 1. The molecule has 1 heterocycles. The van der Waals surface area contributed by atoms with Crippen LogP contribution in [0, 0.1) is 0 Å². The summed E-state index contributed by atoms with van der Waals surface area (Å²) in [6.45, 7) is 0.829. The lowest BCUT2D eigenvalue weighted by atomic mass is 10.1. The van der Waals surface area contributed by atoms with E-state index in [2.05, 4.69) is 4.90 Å². The maximum atomic E-state index is 11.9. The maximum absolute atomic E-state index is 11.9. The first-order valence-corrected chi connectivity index (χ1v) is 6.24. The Morgan fingerprint density at radius 3 is 2.76 bits per heavy atom. The maximum Gasteiger partial charge on any atom is 0.172 e. The molecule has 0 saturated carbocycles. The number of hydrogen-bond donors (Lipinski definition) is 0. The fraction of sp³-hybridized carbons (Fsp3) is 0.462. The number of ketones is 1. The van der Waals surface area contributed by atoms with Gasteiger partial charge in [-0.25, -0.2) is 0 Å². The smallest absolute Gasteiger partial charge is 0.172 e. The summed E-state index contributed by atoms with van der Waals surface area (Å²) in [6.07, 6.45) is 0.806. The summed E-state index contributed by atoms with van der Waals surface area (Å²) in [4.78, 5) is 14.0. The molecule has 0 spiro atoms. The predicted octanol–water partition coefficient (Wildman–Crippen LogP) is 2.09. The average molecular weight is 254 g/mol. The second-order valence-corrected chi connectivity index (χ2v) is 4.40. The van der Waals surface area contributed by atoms with Crippen LogP contribution in [-0.4, -0.2) is 37.5 Å². The van der Waals surface area contributed by atoms with E-state index in [1.165, 1.54) is 0 Å². The Morgan fingerprint density at radius 2 is 2.18 bits per heavy atom. The van der Waals surface area contributed by atoms with Crippen molar-refractivity contribution >= 4 is 23.1 Å². The third-order valence-electron chi connectivity index (χ3n) is 3.19. The van der Waals surface area contributed by atoms with Crippen molar-refractivity contribution in [2.75, 3.05) is 24.4 Å². The van der Waals surface area contributed by atoms with E-state index in [-0.39, 0.29) is 23.8 Å². The number of para-hydroxylation sites is 1. The molecule has 0 bridgehead atoms. The molecule has 0 N–H and O–H groups in total. The first-order chi connectivity index (χ1) is 8.27. The van der Waals surface area contributed by atoms with Crippen LogP contribution in [0.3, 0.4) is 0 Å². The zero-order chi connectivity index (χ0) is 12.3. The Kier molecular flexibility index (Phi) is 4.02.